The average molecular weight is 389 g/mol. The summed E-state index contributed by atoms with van der Waals surface area (Å²) in [6, 6.07) is 15.7. The van der Waals surface area contributed by atoms with E-state index in [0.29, 0.717) is 5.75 Å². The molecule has 1 aliphatic heterocycles. The summed E-state index contributed by atoms with van der Waals surface area (Å²) < 4.78 is 5.59. The van der Waals surface area contributed by atoms with E-state index < -0.39 is 0 Å². The fraction of sp³-hybridized carbons (Fsp3) is 0.333. The monoisotopic (exact) mass is 389 g/mol. The Labute approximate surface area is 171 Å². The van der Waals surface area contributed by atoms with Crippen LogP contribution in [-0.2, 0) is 4.79 Å². The molecular weight excluding hydrogens is 362 g/mol. The number of aryl methyl sites for hydroxylation is 2. The van der Waals surface area contributed by atoms with Crippen LogP contribution in [0.5, 0.6) is 5.75 Å². The van der Waals surface area contributed by atoms with Crippen molar-refractivity contribution in [2.24, 2.45) is 0 Å². The van der Waals surface area contributed by atoms with E-state index in [2.05, 4.69) is 23.2 Å². The molecule has 0 bridgehead atoms. The van der Waals surface area contributed by atoms with Crippen LogP contribution in [0.2, 0.25) is 0 Å². The Morgan fingerprint density at radius 1 is 1.07 bits per heavy atom. The third kappa shape index (κ3) is 4.67. The van der Waals surface area contributed by atoms with E-state index in [9.17, 15) is 4.79 Å². The summed E-state index contributed by atoms with van der Waals surface area (Å²) in [5, 5.41) is 3.98. The van der Waals surface area contributed by atoms with Gasteiger partial charge >= 0.3 is 0 Å². The molecule has 5 nitrogen and oxygen atoms in total. The van der Waals surface area contributed by atoms with Gasteiger partial charge in [0.2, 0.25) is 0 Å². The summed E-state index contributed by atoms with van der Waals surface area (Å²) in [4.78, 5) is 19.5. The first kappa shape index (κ1) is 19.2. The van der Waals surface area contributed by atoms with Crippen molar-refractivity contribution in [1.82, 2.24) is 4.98 Å². The predicted molar refractivity (Wildman–Crippen MR) is 118 cm³/mol. The Morgan fingerprint density at radius 2 is 1.90 bits per heavy atom. The topological polar surface area (TPSA) is 54.5 Å². The summed E-state index contributed by atoms with van der Waals surface area (Å²) in [6.07, 6.45) is 3.77. The van der Waals surface area contributed by atoms with Crippen molar-refractivity contribution in [3.8, 4) is 5.75 Å². The molecule has 1 amide bonds. The molecule has 0 radical (unpaired) electrons. The van der Waals surface area contributed by atoms with Crippen molar-refractivity contribution in [2.75, 3.05) is 29.9 Å². The molecule has 1 aromatic heterocycles. The van der Waals surface area contributed by atoms with Crippen LogP contribution in [0.25, 0.3) is 10.9 Å². The number of carbonyl (C=O) groups excluding carboxylic acids is 1. The molecular formula is C24H27N3O2. The number of benzene rings is 2. The third-order valence-corrected chi connectivity index (χ3v) is 5.33. The predicted octanol–water partition coefficient (Wildman–Crippen LogP) is 4.86. The number of fused-ring (bicyclic) bond motifs is 1. The second kappa shape index (κ2) is 8.52. The second-order valence-electron chi connectivity index (χ2n) is 7.73. The number of pyridine rings is 1. The van der Waals surface area contributed by atoms with Crippen molar-refractivity contribution in [3.63, 3.8) is 0 Å². The van der Waals surface area contributed by atoms with Gasteiger partial charge in [0.05, 0.1) is 5.52 Å². The van der Waals surface area contributed by atoms with E-state index in [-0.39, 0.29) is 12.5 Å². The molecule has 1 N–H and O–H groups in total. The van der Waals surface area contributed by atoms with Crippen LogP contribution in [0, 0.1) is 13.8 Å². The Balaban J connectivity index is 1.45. The quantitative estimate of drug-likeness (QED) is 0.677. The van der Waals surface area contributed by atoms with Crippen LogP contribution in [0.1, 0.15) is 30.4 Å². The largest absolute Gasteiger partial charge is 0.484 e. The van der Waals surface area contributed by atoms with Crippen molar-refractivity contribution in [3.05, 3.63) is 59.7 Å². The molecule has 1 fully saturated rings. The van der Waals surface area contributed by atoms with Crippen molar-refractivity contribution < 1.29 is 9.53 Å². The number of aromatic nitrogens is 1. The van der Waals surface area contributed by atoms with Crippen LogP contribution in [0.4, 0.5) is 11.5 Å². The summed E-state index contributed by atoms with van der Waals surface area (Å²) in [5.74, 6) is 1.57. The lowest BCUT2D eigenvalue weighted by Gasteiger charge is -2.28. The molecule has 0 unspecified atom stereocenters. The number of piperidine rings is 1. The van der Waals surface area contributed by atoms with Crippen LogP contribution in [0.15, 0.2) is 48.5 Å². The summed E-state index contributed by atoms with van der Waals surface area (Å²) in [7, 11) is 0. The van der Waals surface area contributed by atoms with E-state index in [4.69, 9.17) is 9.72 Å². The van der Waals surface area contributed by atoms with Gasteiger partial charge in [0.25, 0.3) is 5.91 Å². The van der Waals surface area contributed by atoms with Gasteiger partial charge in [-0.3, -0.25) is 4.79 Å². The molecule has 150 valence electrons. The highest BCUT2D eigenvalue weighted by atomic mass is 16.5. The van der Waals surface area contributed by atoms with E-state index >= 15 is 0 Å². The van der Waals surface area contributed by atoms with Gasteiger partial charge in [0.15, 0.2) is 6.61 Å². The third-order valence-electron chi connectivity index (χ3n) is 5.33. The molecule has 5 heteroatoms. The molecule has 0 saturated carbocycles. The molecule has 1 aliphatic rings. The van der Waals surface area contributed by atoms with E-state index in [1.807, 2.05) is 49.4 Å². The number of anilines is 2. The summed E-state index contributed by atoms with van der Waals surface area (Å²) >= 11 is 0. The van der Waals surface area contributed by atoms with E-state index in [0.717, 1.165) is 41.1 Å². The summed E-state index contributed by atoms with van der Waals surface area (Å²) in [6.45, 7) is 6.23. The number of hydrogen-bond acceptors (Lipinski definition) is 4. The Kier molecular flexibility index (Phi) is 5.65. The zero-order valence-electron chi connectivity index (χ0n) is 17.1. The lowest BCUT2D eigenvalue weighted by Crippen LogP contribution is -2.30. The highest BCUT2D eigenvalue weighted by Crippen LogP contribution is 2.27. The number of nitrogens with zero attached hydrogens (tertiary/aromatic N) is 2. The molecule has 2 heterocycles. The lowest BCUT2D eigenvalue weighted by molar-refractivity contribution is -0.118. The molecule has 4 rings (SSSR count). The normalized spacial score (nSPS) is 14.1. The maximum absolute atomic E-state index is 12.3. The van der Waals surface area contributed by atoms with E-state index in [1.54, 1.807) is 0 Å². The molecule has 3 aromatic rings. The number of amides is 1. The summed E-state index contributed by atoms with van der Waals surface area (Å²) in [5.41, 5.74) is 3.98. The highest BCUT2D eigenvalue weighted by Gasteiger charge is 2.14. The van der Waals surface area contributed by atoms with E-state index in [1.165, 1.54) is 24.8 Å². The maximum atomic E-state index is 12.3. The molecule has 29 heavy (non-hydrogen) atoms. The van der Waals surface area contributed by atoms with Gasteiger partial charge in [-0.1, -0.05) is 12.1 Å². The Bertz CT molecular complexity index is 1030. The molecule has 0 atom stereocenters. The first-order valence-electron chi connectivity index (χ1n) is 10.2. The number of carbonyl (C=O) groups is 1. The number of hydrogen-bond donors (Lipinski definition) is 1. The van der Waals surface area contributed by atoms with Crippen molar-refractivity contribution in [1.29, 1.82) is 0 Å². The SMILES string of the molecule is Cc1cccc(OCC(=O)Nc2ccc3nc(N4CCCCC4)cc(C)c3c2)c1. The smallest absolute Gasteiger partial charge is 0.262 e. The highest BCUT2D eigenvalue weighted by molar-refractivity contribution is 5.95. The van der Waals surface area contributed by atoms with Gasteiger partial charge < -0.3 is 15.0 Å². The number of ether oxygens (including phenoxy) is 1. The minimum Gasteiger partial charge on any atom is -0.484 e. The Morgan fingerprint density at radius 3 is 2.69 bits per heavy atom. The fourth-order valence-corrected chi connectivity index (χ4v) is 3.79. The average Bonchev–Trinajstić information content (AvgIpc) is 2.73. The zero-order chi connectivity index (χ0) is 20.2. The van der Waals surface area contributed by atoms with Crippen LogP contribution >= 0.6 is 0 Å². The first-order valence-corrected chi connectivity index (χ1v) is 10.2. The minimum absolute atomic E-state index is 0.0212. The molecule has 0 aliphatic carbocycles. The number of nitrogens with one attached hydrogen (secondary N) is 1. The standard InChI is InChI=1S/C24H27N3O2/c1-17-7-6-8-20(13-17)29-16-24(28)25-19-9-10-22-21(15-19)18(2)14-23(26-22)27-11-4-3-5-12-27/h6-10,13-15H,3-5,11-12,16H2,1-2H3,(H,25,28). The Hall–Kier alpha value is -3.08. The van der Waals surface area contributed by atoms with Crippen molar-refractivity contribution in [2.45, 2.75) is 33.1 Å². The van der Waals surface area contributed by atoms with Gasteiger partial charge in [-0.25, -0.2) is 4.98 Å². The van der Waals surface area contributed by atoms with Gasteiger partial charge in [0, 0.05) is 24.2 Å². The zero-order valence-corrected chi connectivity index (χ0v) is 17.1. The molecule has 2 aromatic carbocycles. The van der Waals surface area contributed by atoms with Crippen LogP contribution in [0.3, 0.4) is 0 Å². The van der Waals surface area contributed by atoms with Crippen molar-refractivity contribution >= 4 is 28.3 Å². The molecule has 1 saturated heterocycles. The van der Waals surface area contributed by atoms with Gasteiger partial charge in [-0.15, -0.1) is 0 Å². The minimum atomic E-state index is -0.179. The second-order valence-corrected chi connectivity index (χ2v) is 7.73. The lowest BCUT2D eigenvalue weighted by atomic mass is 10.1. The van der Waals surface area contributed by atoms with Crippen LogP contribution in [-0.4, -0.2) is 30.6 Å². The first-order chi connectivity index (χ1) is 14.1. The number of rotatable bonds is 5. The fourth-order valence-electron chi connectivity index (χ4n) is 3.79. The van der Waals surface area contributed by atoms with Gasteiger partial charge in [-0.05, 0) is 80.6 Å². The maximum Gasteiger partial charge on any atom is 0.262 e. The molecule has 0 spiro atoms. The van der Waals surface area contributed by atoms with Gasteiger partial charge in [-0.2, -0.15) is 0 Å². The van der Waals surface area contributed by atoms with Gasteiger partial charge in [0.1, 0.15) is 11.6 Å². The van der Waals surface area contributed by atoms with Crippen LogP contribution < -0.4 is 15.0 Å².